The molecule has 1 aromatic rings. The SMILES string of the molecule is CC(C)CNCc1ncncc1C(=O)O. The van der Waals surface area contributed by atoms with Crippen molar-refractivity contribution in [2.24, 2.45) is 5.92 Å². The lowest BCUT2D eigenvalue weighted by Crippen LogP contribution is -2.21. The van der Waals surface area contributed by atoms with Crippen LogP contribution in [0.1, 0.15) is 29.9 Å². The number of carboxylic acids is 1. The lowest BCUT2D eigenvalue weighted by molar-refractivity contribution is 0.0694. The van der Waals surface area contributed by atoms with Crippen molar-refractivity contribution in [1.29, 1.82) is 0 Å². The van der Waals surface area contributed by atoms with Crippen LogP contribution >= 0.6 is 0 Å². The molecule has 82 valence electrons. The summed E-state index contributed by atoms with van der Waals surface area (Å²) in [6.07, 6.45) is 2.68. The first-order valence-electron chi connectivity index (χ1n) is 4.84. The third-order valence-corrected chi connectivity index (χ3v) is 1.87. The Balaban J connectivity index is 2.63. The van der Waals surface area contributed by atoms with E-state index in [0.717, 1.165) is 6.54 Å². The van der Waals surface area contributed by atoms with E-state index in [2.05, 4.69) is 29.1 Å². The zero-order valence-corrected chi connectivity index (χ0v) is 8.90. The third-order valence-electron chi connectivity index (χ3n) is 1.87. The van der Waals surface area contributed by atoms with Crippen LogP contribution in [0.2, 0.25) is 0 Å². The monoisotopic (exact) mass is 209 g/mol. The van der Waals surface area contributed by atoms with Crippen molar-refractivity contribution in [3.8, 4) is 0 Å². The topological polar surface area (TPSA) is 75.1 Å². The van der Waals surface area contributed by atoms with E-state index in [1.54, 1.807) is 0 Å². The molecule has 0 aromatic carbocycles. The Bertz CT molecular complexity index is 339. The molecule has 0 radical (unpaired) electrons. The van der Waals surface area contributed by atoms with Gasteiger partial charge >= 0.3 is 5.97 Å². The number of carboxylic acid groups (broad SMARTS) is 1. The molecule has 0 spiro atoms. The Labute approximate surface area is 88.6 Å². The number of aromatic nitrogens is 2. The number of nitrogens with one attached hydrogen (secondary N) is 1. The summed E-state index contributed by atoms with van der Waals surface area (Å²) in [6.45, 7) is 5.47. The summed E-state index contributed by atoms with van der Waals surface area (Å²) in [5.74, 6) is -0.461. The van der Waals surface area contributed by atoms with E-state index < -0.39 is 5.97 Å². The molecule has 5 nitrogen and oxygen atoms in total. The Morgan fingerprint density at radius 1 is 1.60 bits per heavy atom. The molecule has 0 amide bonds. The highest BCUT2D eigenvalue weighted by Gasteiger charge is 2.10. The molecular weight excluding hydrogens is 194 g/mol. The van der Waals surface area contributed by atoms with Gasteiger partial charge in [0.25, 0.3) is 0 Å². The molecule has 15 heavy (non-hydrogen) atoms. The fourth-order valence-corrected chi connectivity index (χ4v) is 1.15. The molecule has 0 atom stereocenters. The van der Waals surface area contributed by atoms with Crippen molar-refractivity contribution in [2.45, 2.75) is 20.4 Å². The molecular formula is C10H15N3O2. The van der Waals surface area contributed by atoms with Crippen molar-refractivity contribution >= 4 is 5.97 Å². The van der Waals surface area contributed by atoms with E-state index in [9.17, 15) is 4.79 Å². The van der Waals surface area contributed by atoms with Crippen LogP contribution in [-0.4, -0.2) is 27.6 Å². The predicted octanol–water partition coefficient (Wildman–Crippen LogP) is 0.920. The average molecular weight is 209 g/mol. The smallest absolute Gasteiger partial charge is 0.339 e. The number of rotatable bonds is 5. The Hall–Kier alpha value is -1.49. The Kier molecular flexibility index (Phi) is 4.17. The number of hydrogen-bond acceptors (Lipinski definition) is 4. The van der Waals surface area contributed by atoms with Crippen LogP contribution in [-0.2, 0) is 6.54 Å². The van der Waals surface area contributed by atoms with Crippen molar-refractivity contribution in [3.63, 3.8) is 0 Å². The van der Waals surface area contributed by atoms with Gasteiger partial charge in [-0.1, -0.05) is 13.8 Å². The number of nitrogens with zero attached hydrogens (tertiary/aromatic N) is 2. The standard InChI is InChI=1S/C10H15N3O2/c1-7(2)3-11-5-9-8(10(14)15)4-12-6-13-9/h4,6-7,11H,3,5H2,1-2H3,(H,14,15). The highest BCUT2D eigenvalue weighted by Crippen LogP contribution is 2.03. The maximum absolute atomic E-state index is 10.8. The van der Waals surface area contributed by atoms with Gasteiger partial charge in [-0.3, -0.25) is 0 Å². The van der Waals surface area contributed by atoms with Crippen LogP contribution in [0.3, 0.4) is 0 Å². The lowest BCUT2D eigenvalue weighted by atomic mass is 10.2. The first-order valence-corrected chi connectivity index (χ1v) is 4.84. The summed E-state index contributed by atoms with van der Waals surface area (Å²) in [5.41, 5.74) is 0.687. The minimum atomic E-state index is -0.989. The molecule has 1 rings (SSSR count). The van der Waals surface area contributed by atoms with Crippen molar-refractivity contribution in [1.82, 2.24) is 15.3 Å². The van der Waals surface area contributed by atoms with E-state index in [1.807, 2.05) is 0 Å². The van der Waals surface area contributed by atoms with Gasteiger partial charge in [-0.2, -0.15) is 0 Å². The number of hydrogen-bond donors (Lipinski definition) is 2. The average Bonchev–Trinajstić information content (AvgIpc) is 2.17. The normalized spacial score (nSPS) is 10.6. The predicted molar refractivity (Wildman–Crippen MR) is 55.5 cm³/mol. The summed E-state index contributed by atoms with van der Waals surface area (Å²) in [6, 6.07) is 0. The molecule has 0 fully saturated rings. The minimum absolute atomic E-state index is 0.161. The van der Waals surface area contributed by atoms with Crippen molar-refractivity contribution in [2.75, 3.05) is 6.54 Å². The summed E-state index contributed by atoms with van der Waals surface area (Å²) in [7, 11) is 0. The van der Waals surface area contributed by atoms with Gasteiger partial charge in [0.15, 0.2) is 0 Å². The summed E-state index contributed by atoms with van der Waals surface area (Å²) < 4.78 is 0. The van der Waals surface area contributed by atoms with E-state index in [0.29, 0.717) is 18.2 Å². The minimum Gasteiger partial charge on any atom is -0.478 e. The number of aromatic carboxylic acids is 1. The lowest BCUT2D eigenvalue weighted by Gasteiger charge is -2.08. The molecule has 0 saturated heterocycles. The van der Waals surface area contributed by atoms with Crippen molar-refractivity contribution in [3.05, 3.63) is 23.8 Å². The molecule has 0 saturated carbocycles. The van der Waals surface area contributed by atoms with Gasteiger partial charge in [-0.05, 0) is 12.5 Å². The van der Waals surface area contributed by atoms with Crippen LogP contribution in [0.4, 0.5) is 0 Å². The van der Waals surface area contributed by atoms with Crippen LogP contribution in [0.15, 0.2) is 12.5 Å². The van der Waals surface area contributed by atoms with E-state index in [4.69, 9.17) is 5.11 Å². The zero-order chi connectivity index (χ0) is 11.3. The summed E-state index contributed by atoms with van der Waals surface area (Å²) in [4.78, 5) is 18.4. The van der Waals surface area contributed by atoms with Gasteiger partial charge in [0.05, 0.1) is 5.69 Å². The molecule has 1 heterocycles. The molecule has 0 bridgehead atoms. The van der Waals surface area contributed by atoms with Gasteiger partial charge in [0.1, 0.15) is 11.9 Å². The second kappa shape index (κ2) is 5.41. The van der Waals surface area contributed by atoms with Gasteiger partial charge < -0.3 is 10.4 Å². The third kappa shape index (κ3) is 3.63. The van der Waals surface area contributed by atoms with Crippen LogP contribution < -0.4 is 5.32 Å². The van der Waals surface area contributed by atoms with E-state index in [-0.39, 0.29) is 5.56 Å². The highest BCUT2D eigenvalue weighted by atomic mass is 16.4. The first-order chi connectivity index (χ1) is 7.11. The van der Waals surface area contributed by atoms with Gasteiger partial charge in [0.2, 0.25) is 0 Å². The van der Waals surface area contributed by atoms with Crippen molar-refractivity contribution < 1.29 is 9.90 Å². The summed E-state index contributed by atoms with van der Waals surface area (Å²) in [5, 5.41) is 12.0. The highest BCUT2D eigenvalue weighted by molar-refractivity contribution is 5.88. The second-order valence-corrected chi connectivity index (χ2v) is 3.71. The van der Waals surface area contributed by atoms with Gasteiger partial charge in [0, 0.05) is 12.7 Å². The summed E-state index contributed by atoms with van der Waals surface area (Å²) >= 11 is 0. The maximum Gasteiger partial charge on any atom is 0.339 e. The Morgan fingerprint density at radius 2 is 2.33 bits per heavy atom. The van der Waals surface area contributed by atoms with E-state index >= 15 is 0 Å². The molecule has 0 aliphatic carbocycles. The molecule has 1 aromatic heterocycles. The van der Waals surface area contributed by atoms with Crippen LogP contribution in [0.25, 0.3) is 0 Å². The number of carbonyl (C=O) groups is 1. The molecule has 0 aliphatic heterocycles. The van der Waals surface area contributed by atoms with E-state index in [1.165, 1.54) is 12.5 Å². The fourth-order valence-electron chi connectivity index (χ4n) is 1.15. The van der Waals surface area contributed by atoms with Crippen LogP contribution in [0, 0.1) is 5.92 Å². The molecule has 0 aliphatic rings. The largest absolute Gasteiger partial charge is 0.478 e. The van der Waals surface area contributed by atoms with Gasteiger partial charge in [-0.25, -0.2) is 14.8 Å². The van der Waals surface area contributed by atoms with Crippen LogP contribution in [0.5, 0.6) is 0 Å². The molecule has 5 heteroatoms. The maximum atomic E-state index is 10.8. The zero-order valence-electron chi connectivity index (χ0n) is 8.90. The second-order valence-electron chi connectivity index (χ2n) is 3.71. The fraction of sp³-hybridized carbons (Fsp3) is 0.500. The Morgan fingerprint density at radius 3 is 2.93 bits per heavy atom. The quantitative estimate of drug-likeness (QED) is 0.754. The molecule has 2 N–H and O–H groups in total. The first kappa shape index (κ1) is 11.6. The molecule has 0 unspecified atom stereocenters. The van der Waals surface area contributed by atoms with Gasteiger partial charge in [-0.15, -0.1) is 0 Å².